The van der Waals surface area contributed by atoms with Crippen molar-refractivity contribution in [2.24, 2.45) is 13.0 Å². The Hall–Kier alpha value is -2.77. The number of carbonyl (C=O) groups is 1. The van der Waals surface area contributed by atoms with E-state index in [0.717, 1.165) is 42.0 Å². The molecule has 8 heteroatoms. The third-order valence-corrected chi connectivity index (χ3v) is 7.23. The highest BCUT2D eigenvalue weighted by molar-refractivity contribution is 6.21. The number of alkyl halides is 1. The summed E-state index contributed by atoms with van der Waals surface area (Å²) in [6.45, 7) is 5.83. The van der Waals surface area contributed by atoms with E-state index in [-0.39, 0.29) is 29.1 Å². The summed E-state index contributed by atoms with van der Waals surface area (Å²) in [5, 5.41) is 11.8. The van der Waals surface area contributed by atoms with E-state index >= 15 is 0 Å². The van der Waals surface area contributed by atoms with Crippen LogP contribution in [0.15, 0.2) is 42.7 Å². The average Bonchev–Trinajstić information content (AvgIpc) is 3.35. The number of carbonyl (C=O) groups excluding carboxylic acids is 1. The lowest BCUT2D eigenvalue weighted by atomic mass is 9.63. The maximum atomic E-state index is 15.0. The zero-order valence-electron chi connectivity index (χ0n) is 19.7. The highest BCUT2D eigenvalue weighted by Crippen LogP contribution is 2.51. The Labute approximate surface area is 204 Å². The van der Waals surface area contributed by atoms with E-state index in [4.69, 9.17) is 11.6 Å². The molecular formula is C26H29ClFN5O. The minimum atomic E-state index is -0.343. The highest BCUT2D eigenvalue weighted by Gasteiger charge is 2.49. The van der Waals surface area contributed by atoms with Crippen LogP contribution >= 0.6 is 11.6 Å². The lowest BCUT2D eigenvalue weighted by Gasteiger charge is -2.44. The molecule has 1 fully saturated rings. The van der Waals surface area contributed by atoms with Gasteiger partial charge >= 0.3 is 0 Å². The summed E-state index contributed by atoms with van der Waals surface area (Å²) in [5.74, 6) is 0.860. The fraction of sp³-hybridized carbons (Fsp3) is 0.423. The van der Waals surface area contributed by atoms with Gasteiger partial charge in [0.15, 0.2) is 0 Å². The number of anilines is 1. The number of halogens is 2. The summed E-state index contributed by atoms with van der Waals surface area (Å²) in [6.07, 6.45) is 3.19. The molecule has 1 aromatic heterocycles. The van der Waals surface area contributed by atoms with Gasteiger partial charge < -0.3 is 14.8 Å². The van der Waals surface area contributed by atoms with Gasteiger partial charge in [0.25, 0.3) is 5.91 Å². The van der Waals surface area contributed by atoms with Crippen molar-refractivity contribution >= 4 is 23.2 Å². The van der Waals surface area contributed by atoms with Gasteiger partial charge in [-0.3, -0.25) is 4.79 Å². The molecule has 34 heavy (non-hydrogen) atoms. The molecule has 178 valence electrons. The van der Waals surface area contributed by atoms with Gasteiger partial charge in [0.2, 0.25) is 0 Å². The van der Waals surface area contributed by atoms with Gasteiger partial charge in [-0.25, -0.2) is 4.39 Å². The summed E-state index contributed by atoms with van der Waals surface area (Å²) < 4.78 is 16.9. The van der Waals surface area contributed by atoms with Crippen LogP contribution in [-0.2, 0) is 25.6 Å². The highest BCUT2D eigenvalue weighted by atomic mass is 35.5. The Morgan fingerprint density at radius 1 is 1.26 bits per heavy atom. The lowest BCUT2D eigenvalue weighted by Crippen LogP contribution is -2.45. The number of fused-ring (bicyclic) bond motifs is 1. The van der Waals surface area contributed by atoms with Gasteiger partial charge in [-0.15, -0.1) is 21.8 Å². The van der Waals surface area contributed by atoms with Crippen molar-refractivity contribution in [3.8, 4) is 0 Å². The van der Waals surface area contributed by atoms with Gasteiger partial charge in [0.05, 0.1) is 12.0 Å². The molecule has 3 aromatic rings. The Morgan fingerprint density at radius 3 is 2.74 bits per heavy atom. The average molecular weight is 482 g/mol. The number of aryl methyl sites for hydroxylation is 1. The quantitative estimate of drug-likeness (QED) is 0.503. The first-order valence-corrected chi connectivity index (χ1v) is 12.1. The van der Waals surface area contributed by atoms with E-state index in [0.29, 0.717) is 23.6 Å². The number of nitrogens with zero attached hydrogens (tertiary/aromatic N) is 4. The number of hydrogen-bond donors (Lipinski definition) is 1. The van der Waals surface area contributed by atoms with Crippen molar-refractivity contribution in [3.05, 3.63) is 76.6 Å². The van der Waals surface area contributed by atoms with Crippen LogP contribution in [-0.4, -0.2) is 32.6 Å². The maximum Gasteiger partial charge on any atom is 0.259 e. The van der Waals surface area contributed by atoms with Crippen LogP contribution in [0.2, 0.25) is 0 Å². The molecule has 1 aliphatic heterocycles. The van der Waals surface area contributed by atoms with Crippen molar-refractivity contribution in [1.82, 2.24) is 20.1 Å². The van der Waals surface area contributed by atoms with E-state index in [1.165, 1.54) is 6.07 Å². The fourth-order valence-electron chi connectivity index (χ4n) is 5.17. The molecule has 0 saturated heterocycles. The monoisotopic (exact) mass is 481 g/mol. The van der Waals surface area contributed by atoms with E-state index in [1.54, 1.807) is 11.2 Å². The Kier molecular flexibility index (Phi) is 5.94. The number of nitrogens with one attached hydrogen (secondary N) is 1. The van der Waals surface area contributed by atoms with Gasteiger partial charge in [-0.2, -0.15) is 0 Å². The summed E-state index contributed by atoms with van der Waals surface area (Å²) in [7, 11) is 1.93. The van der Waals surface area contributed by atoms with Crippen LogP contribution in [0, 0.1) is 11.7 Å². The molecular weight excluding hydrogens is 453 g/mol. The smallest absolute Gasteiger partial charge is 0.259 e. The van der Waals surface area contributed by atoms with Gasteiger partial charge in [0.1, 0.15) is 18.0 Å². The van der Waals surface area contributed by atoms with Crippen LogP contribution in [0.1, 0.15) is 59.6 Å². The van der Waals surface area contributed by atoms with E-state index in [9.17, 15) is 9.18 Å². The standard InChI is InChI=1S/C26H29ClFN5O/c1-16(2)12-29-13-17-7-21-22(23(28)8-17)14-33(24(21)34)20-6-4-5-18(9-20)26(10-19(27)11-26)25-31-30-15-32(25)3/h4-9,15-16,19,29H,10-14H2,1-3H3. The summed E-state index contributed by atoms with van der Waals surface area (Å²) >= 11 is 6.42. The number of hydrogen-bond acceptors (Lipinski definition) is 4. The third-order valence-electron chi connectivity index (χ3n) is 6.92. The molecule has 2 aliphatic rings. The Balaban J connectivity index is 1.44. The molecule has 0 bridgehead atoms. The second-order valence-corrected chi connectivity index (χ2v) is 10.5. The van der Waals surface area contributed by atoms with Gasteiger partial charge in [-0.1, -0.05) is 26.0 Å². The second-order valence-electron chi connectivity index (χ2n) is 9.92. The second kappa shape index (κ2) is 8.78. The van der Waals surface area contributed by atoms with Crippen LogP contribution in [0.5, 0.6) is 0 Å². The minimum Gasteiger partial charge on any atom is -0.320 e. The number of benzene rings is 2. The zero-order chi connectivity index (χ0) is 24.0. The van der Waals surface area contributed by atoms with Crippen molar-refractivity contribution in [1.29, 1.82) is 0 Å². The summed E-state index contributed by atoms with van der Waals surface area (Å²) in [6, 6.07) is 11.3. The molecule has 1 N–H and O–H groups in total. The van der Waals surface area contributed by atoms with E-state index in [2.05, 4.69) is 29.4 Å². The third kappa shape index (κ3) is 3.91. The van der Waals surface area contributed by atoms with Crippen molar-refractivity contribution in [2.45, 2.75) is 50.6 Å². The van der Waals surface area contributed by atoms with Crippen molar-refractivity contribution < 1.29 is 9.18 Å². The lowest BCUT2D eigenvalue weighted by molar-refractivity contribution is 0.0996. The predicted octanol–water partition coefficient (Wildman–Crippen LogP) is 4.55. The largest absolute Gasteiger partial charge is 0.320 e. The zero-order valence-corrected chi connectivity index (χ0v) is 20.4. The van der Waals surface area contributed by atoms with Crippen molar-refractivity contribution in [2.75, 3.05) is 11.4 Å². The molecule has 0 unspecified atom stereocenters. The van der Waals surface area contributed by atoms with E-state index < -0.39 is 0 Å². The normalized spacial score (nSPS) is 21.8. The first-order valence-electron chi connectivity index (χ1n) is 11.7. The molecule has 2 aromatic carbocycles. The molecule has 0 radical (unpaired) electrons. The van der Waals surface area contributed by atoms with Crippen LogP contribution in [0.3, 0.4) is 0 Å². The molecule has 1 aliphatic carbocycles. The number of amides is 1. The maximum absolute atomic E-state index is 15.0. The molecule has 6 nitrogen and oxygen atoms in total. The first-order chi connectivity index (χ1) is 16.3. The van der Waals surface area contributed by atoms with Crippen LogP contribution < -0.4 is 10.2 Å². The van der Waals surface area contributed by atoms with Crippen LogP contribution in [0.25, 0.3) is 0 Å². The molecule has 2 heterocycles. The van der Waals surface area contributed by atoms with Crippen LogP contribution in [0.4, 0.5) is 10.1 Å². The molecule has 1 saturated carbocycles. The molecule has 0 atom stereocenters. The van der Waals surface area contributed by atoms with Gasteiger partial charge in [0, 0.05) is 35.8 Å². The minimum absolute atomic E-state index is 0.0647. The fourth-order valence-corrected chi connectivity index (χ4v) is 5.69. The molecule has 0 spiro atoms. The topological polar surface area (TPSA) is 63.1 Å². The number of rotatable bonds is 7. The molecule has 5 rings (SSSR count). The predicted molar refractivity (Wildman–Crippen MR) is 131 cm³/mol. The van der Waals surface area contributed by atoms with E-state index in [1.807, 2.05) is 41.9 Å². The molecule has 1 amide bonds. The van der Waals surface area contributed by atoms with Crippen molar-refractivity contribution in [3.63, 3.8) is 0 Å². The first kappa shape index (κ1) is 23.0. The Morgan fingerprint density at radius 2 is 2.06 bits per heavy atom. The van der Waals surface area contributed by atoms with Gasteiger partial charge in [-0.05, 0) is 60.7 Å². The summed E-state index contributed by atoms with van der Waals surface area (Å²) in [4.78, 5) is 15.0. The SMILES string of the molecule is CC(C)CNCc1cc(F)c2c(c1)C(=O)N(c1cccc(C3(c4nncn4C)CC(Cl)C3)c1)C2. The Bertz CT molecular complexity index is 1230. The summed E-state index contributed by atoms with van der Waals surface area (Å²) in [5.41, 5.74) is 3.13. The number of aromatic nitrogens is 3.